The van der Waals surface area contributed by atoms with E-state index in [0.717, 1.165) is 13.0 Å². The molecule has 10 heavy (non-hydrogen) atoms. The van der Waals surface area contributed by atoms with Gasteiger partial charge in [0.05, 0.1) is 6.10 Å². The minimum absolute atomic E-state index is 0.113. The summed E-state index contributed by atoms with van der Waals surface area (Å²) in [4.78, 5) is 10.4. The first-order valence-corrected chi connectivity index (χ1v) is 3.40. The molecule has 4 N–H and O–H groups in total. The Bertz CT molecular complexity index is 138. The SMILES string of the molecule is NC(=O)CC1NCC[C@H]1O. The summed E-state index contributed by atoms with van der Waals surface area (Å²) in [7, 11) is 0. The molecule has 0 aliphatic carbocycles. The number of hydrogen-bond acceptors (Lipinski definition) is 3. The maximum Gasteiger partial charge on any atom is 0.219 e. The summed E-state index contributed by atoms with van der Waals surface area (Å²) < 4.78 is 0. The average molecular weight is 144 g/mol. The molecule has 1 amide bonds. The number of hydrogen-bond donors (Lipinski definition) is 3. The standard InChI is InChI=1S/C6H12N2O2/c7-6(10)3-4-5(9)1-2-8-4/h4-5,8-9H,1-3H2,(H2,7,10)/t4?,5-/m1/s1. The Morgan fingerprint density at radius 2 is 2.50 bits per heavy atom. The molecule has 0 radical (unpaired) electrons. The molecule has 1 unspecified atom stereocenters. The number of aliphatic hydroxyl groups excluding tert-OH is 1. The molecular formula is C6H12N2O2. The van der Waals surface area contributed by atoms with E-state index in [1.54, 1.807) is 0 Å². The molecule has 4 nitrogen and oxygen atoms in total. The molecule has 1 heterocycles. The highest BCUT2D eigenvalue weighted by Crippen LogP contribution is 2.08. The van der Waals surface area contributed by atoms with Gasteiger partial charge in [0.1, 0.15) is 0 Å². The molecule has 0 bridgehead atoms. The van der Waals surface area contributed by atoms with Crippen LogP contribution in [0.15, 0.2) is 0 Å². The Hall–Kier alpha value is -0.610. The predicted octanol–water partition coefficient (Wildman–Crippen LogP) is -1.42. The van der Waals surface area contributed by atoms with E-state index in [1.807, 2.05) is 0 Å². The lowest BCUT2D eigenvalue weighted by Gasteiger charge is -2.11. The molecule has 0 aromatic heterocycles. The molecule has 0 spiro atoms. The monoisotopic (exact) mass is 144 g/mol. The number of rotatable bonds is 2. The van der Waals surface area contributed by atoms with Gasteiger partial charge in [-0.15, -0.1) is 0 Å². The summed E-state index contributed by atoms with van der Waals surface area (Å²) >= 11 is 0. The molecule has 1 aliphatic heterocycles. The lowest BCUT2D eigenvalue weighted by molar-refractivity contribution is -0.118. The summed E-state index contributed by atoms with van der Waals surface area (Å²) in [6.45, 7) is 0.777. The van der Waals surface area contributed by atoms with E-state index in [2.05, 4.69) is 5.32 Å². The van der Waals surface area contributed by atoms with Crippen LogP contribution in [0, 0.1) is 0 Å². The Labute approximate surface area is 59.4 Å². The maximum absolute atomic E-state index is 10.4. The fourth-order valence-corrected chi connectivity index (χ4v) is 1.18. The molecule has 2 atom stereocenters. The van der Waals surface area contributed by atoms with Crippen molar-refractivity contribution in [2.75, 3.05) is 6.54 Å². The fraction of sp³-hybridized carbons (Fsp3) is 0.833. The smallest absolute Gasteiger partial charge is 0.219 e. The minimum Gasteiger partial charge on any atom is -0.391 e. The Morgan fingerprint density at radius 3 is 2.90 bits per heavy atom. The third kappa shape index (κ3) is 1.68. The highest BCUT2D eigenvalue weighted by molar-refractivity contribution is 5.74. The van der Waals surface area contributed by atoms with E-state index >= 15 is 0 Å². The molecule has 0 aromatic carbocycles. The summed E-state index contributed by atoms with van der Waals surface area (Å²) in [6, 6.07) is -0.113. The van der Waals surface area contributed by atoms with Crippen LogP contribution in [0.5, 0.6) is 0 Å². The number of amides is 1. The van der Waals surface area contributed by atoms with Gasteiger partial charge in [-0.05, 0) is 13.0 Å². The van der Waals surface area contributed by atoms with E-state index in [4.69, 9.17) is 10.8 Å². The summed E-state index contributed by atoms with van der Waals surface area (Å²) in [5.41, 5.74) is 4.94. The molecule has 1 saturated heterocycles. The lowest BCUT2D eigenvalue weighted by Crippen LogP contribution is -2.34. The molecule has 0 aromatic rings. The van der Waals surface area contributed by atoms with Crippen molar-refractivity contribution in [2.45, 2.75) is 25.0 Å². The quantitative estimate of drug-likeness (QED) is 0.445. The van der Waals surface area contributed by atoms with Crippen molar-refractivity contribution in [3.8, 4) is 0 Å². The van der Waals surface area contributed by atoms with Crippen LogP contribution in [0.3, 0.4) is 0 Å². The van der Waals surface area contributed by atoms with Crippen molar-refractivity contribution in [3.05, 3.63) is 0 Å². The van der Waals surface area contributed by atoms with Gasteiger partial charge >= 0.3 is 0 Å². The van der Waals surface area contributed by atoms with Crippen LogP contribution < -0.4 is 11.1 Å². The van der Waals surface area contributed by atoms with Gasteiger partial charge in [-0.1, -0.05) is 0 Å². The molecule has 1 aliphatic rings. The zero-order valence-corrected chi connectivity index (χ0v) is 5.71. The number of nitrogens with one attached hydrogen (secondary N) is 1. The number of nitrogens with two attached hydrogens (primary N) is 1. The van der Waals surface area contributed by atoms with Crippen molar-refractivity contribution in [3.63, 3.8) is 0 Å². The largest absolute Gasteiger partial charge is 0.391 e. The number of aliphatic hydroxyl groups is 1. The van der Waals surface area contributed by atoms with Gasteiger partial charge < -0.3 is 16.2 Å². The van der Waals surface area contributed by atoms with Crippen molar-refractivity contribution < 1.29 is 9.90 Å². The highest BCUT2D eigenvalue weighted by Gasteiger charge is 2.25. The fourth-order valence-electron chi connectivity index (χ4n) is 1.18. The third-order valence-corrected chi connectivity index (χ3v) is 1.73. The van der Waals surface area contributed by atoms with Gasteiger partial charge in [0.15, 0.2) is 0 Å². The molecule has 1 fully saturated rings. The zero-order chi connectivity index (χ0) is 7.56. The highest BCUT2D eigenvalue weighted by atomic mass is 16.3. The second kappa shape index (κ2) is 2.98. The van der Waals surface area contributed by atoms with E-state index in [9.17, 15) is 4.79 Å². The van der Waals surface area contributed by atoms with Crippen LogP contribution in [0.1, 0.15) is 12.8 Å². The van der Waals surface area contributed by atoms with Gasteiger partial charge in [-0.25, -0.2) is 0 Å². The second-order valence-electron chi connectivity index (χ2n) is 2.59. The maximum atomic E-state index is 10.4. The first-order valence-electron chi connectivity index (χ1n) is 3.40. The number of primary amides is 1. The Kier molecular flexibility index (Phi) is 2.24. The van der Waals surface area contributed by atoms with Crippen molar-refractivity contribution in [2.24, 2.45) is 5.73 Å². The van der Waals surface area contributed by atoms with Crippen LogP contribution in [0.2, 0.25) is 0 Å². The van der Waals surface area contributed by atoms with Gasteiger partial charge in [-0.3, -0.25) is 4.79 Å². The molecular weight excluding hydrogens is 132 g/mol. The van der Waals surface area contributed by atoms with E-state index in [-0.39, 0.29) is 18.4 Å². The third-order valence-electron chi connectivity index (χ3n) is 1.73. The normalized spacial score (nSPS) is 32.5. The van der Waals surface area contributed by atoms with E-state index in [1.165, 1.54) is 0 Å². The zero-order valence-electron chi connectivity index (χ0n) is 5.71. The average Bonchev–Trinajstić information content (AvgIpc) is 2.15. The van der Waals surface area contributed by atoms with Crippen molar-refractivity contribution in [1.82, 2.24) is 5.32 Å². The van der Waals surface area contributed by atoms with Crippen LogP contribution in [0.25, 0.3) is 0 Å². The molecule has 58 valence electrons. The number of carbonyl (C=O) groups excluding carboxylic acids is 1. The molecule has 0 saturated carbocycles. The van der Waals surface area contributed by atoms with Crippen molar-refractivity contribution in [1.29, 1.82) is 0 Å². The Morgan fingerprint density at radius 1 is 1.80 bits per heavy atom. The summed E-state index contributed by atoms with van der Waals surface area (Å²) in [5.74, 6) is -0.363. The summed E-state index contributed by atoms with van der Waals surface area (Å²) in [5, 5.41) is 12.2. The van der Waals surface area contributed by atoms with Gasteiger partial charge in [-0.2, -0.15) is 0 Å². The van der Waals surface area contributed by atoms with Crippen LogP contribution in [0.4, 0.5) is 0 Å². The number of carbonyl (C=O) groups is 1. The van der Waals surface area contributed by atoms with Crippen LogP contribution in [-0.2, 0) is 4.79 Å². The van der Waals surface area contributed by atoms with E-state index < -0.39 is 6.10 Å². The predicted molar refractivity (Wildman–Crippen MR) is 36.2 cm³/mol. The molecule has 1 rings (SSSR count). The van der Waals surface area contributed by atoms with Gasteiger partial charge in [0, 0.05) is 12.5 Å². The van der Waals surface area contributed by atoms with Crippen LogP contribution >= 0.6 is 0 Å². The Balaban J connectivity index is 2.33. The summed E-state index contributed by atoms with van der Waals surface area (Å²) in [6.07, 6.45) is 0.562. The second-order valence-corrected chi connectivity index (χ2v) is 2.59. The van der Waals surface area contributed by atoms with Gasteiger partial charge in [0.2, 0.25) is 5.91 Å². The van der Waals surface area contributed by atoms with E-state index in [0.29, 0.717) is 0 Å². The van der Waals surface area contributed by atoms with Gasteiger partial charge in [0.25, 0.3) is 0 Å². The minimum atomic E-state index is -0.396. The lowest BCUT2D eigenvalue weighted by atomic mass is 10.1. The first kappa shape index (κ1) is 7.50. The molecule has 4 heteroatoms. The first-order chi connectivity index (χ1) is 4.70. The van der Waals surface area contributed by atoms with Crippen molar-refractivity contribution >= 4 is 5.91 Å². The van der Waals surface area contributed by atoms with Crippen LogP contribution in [-0.4, -0.2) is 29.7 Å². The topological polar surface area (TPSA) is 75.4 Å².